The van der Waals surface area contributed by atoms with Gasteiger partial charge in [0.2, 0.25) is 0 Å². The molecule has 5 nitrogen and oxygen atoms in total. The van der Waals surface area contributed by atoms with Crippen LogP contribution in [0.2, 0.25) is 0 Å². The molecule has 2 heterocycles. The number of nitrogens with zero attached hydrogens (tertiary/aromatic N) is 3. The molecule has 0 bridgehead atoms. The van der Waals surface area contributed by atoms with Crippen molar-refractivity contribution in [3.05, 3.63) is 18.1 Å². The van der Waals surface area contributed by atoms with Gasteiger partial charge in [-0.05, 0) is 19.3 Å². The number of anilines is 1. The third kappa shape index (κ3) is 2.06. The summed E-state index contributed by atoms with van der Waals surface area (Å²) in [6.45, 7) is 1.75. The highest BCUT2D eigenvalue weighted by Gasteiger charge is 2.19. The van der Waals surface area contributed by atoms with Crippen LogP contribution in [0.1, 0.15) is 29.8 Å². The third-order valence-electron chi connectivity index (χ3n) is 2.54. The van der Waals surface area contributed by atoms with Crippen LogP contribution in [0, 0.1) is 0 Å². The van der Waals surface area contributed by atoms with Gasteiger partial charge in [0.05, 0.1) is 0 Å². The largest absolute Gasteiger partial charge is 0.476 e. The fourth-order valence-electron chi connectivity index (χ4n) is 1.82. The Morgan fingerprint density at radius 1 is 1.20 bits per heavy atom. The number of aromatic nitrogens is 2. The predicted molar refractivity (Wildman–Crippen MR) is 55.1 cm³/mol. The Labute approximate surface area is 87.8 Å². The first-order valence-electron chi connectivity index (χ1n) is 5.08. The predicted octanol–water partition coefficient (Wildman–Crippen LogP) is 1.17. The summed E-state index contributed by atoms with van der Waals surface area (Å²) in [6, 6.07) is 0. The molecule has 80 valence electrons. The van der Waals surface area contributed by atoms with E-state index in [1.54, 1.807) is 0 Å². The van der Waals surface area contributed by atoms with Crippen LogP contribution in [0.3, 0.4) is 0 Å². The summed E-state index contributed by atoms with van der Waals surface area (Å²) < 4.78 is 0. The van der Waals surface area contributed by atoms with Crippen molar-refractivity contribution in [2.24, 2.45) is 0 Å². The number of aromatic carboxylic acids is 1. The van der Waals surface area contributed by atoms with Crippen LogP contribution in [-0.4, -0.2) is 34.1 Å². The number of piperidine rings is 1. The average molecular weight is 207 g/mol. The molecule has 1 N–H and O–H groups in total. The molecule has 0 atom stereocenters. The lowest BCUT2D eigenvalue weighted by atomic mass is 10.1. The maximum absolute atomic E-state index is 10.9. The van der Waals surface area contributed by atoms with E-state index >= 15 is 0 Å². The molecule has 2 rings (SSSR count). The van der Waals surface area contributed by atoms with Gasteiger partial charge in [0.1, 0.15) is 0 Å². The number of carboxylic acids is 1. The summed E-state index contributed by atoms with van der Waals surface area (Å²) in [6.07, 6.45) is 6.34. The van der Waals surface area contributed by atoms with Crippen molar-refractivity contribution < 1.29 is 9.90 Å². The SMILES string of the molecule is O=C(O)c1nccnc1N1CCCCC1. The maximum Gasteiger partial charge on any atom is 0.358 e. The number of carbonyl (C=O) groups is 1. The lowest BCUT2D eigenvalue weighted by Gasteiger charge is -2.28. The molecule has 5 heteroatoms. The van der Waals surface area contributed by atoms with Gasteiger partial charge in [-0.25, -0.2) is 14.8 Å². The minimum absolute atomic E-state index is 0.0550. The van der Waals surface area contributed by atoms with Crippen molar-refractivity contribution in [2.45, 2.75) is 19.3 Å². The number of hydrogen-bond donors (Lipinski definition) is 1. The van der Waals surface area contributed by atoms with Crippen molar-refractivity contribution in [2.75, 3.05) is 18.0 Å². The average Bonchev–Trinajstić information content (AvgIpc) is 2.30. The molecule has 0 amide bonds. The van der Waals surface area contributed by atoms with Crippen molar-refractivity contribution in [3.63, 3.8) is 0 Å². The zero-order chi connectivity index (χ0) is 10.7. The molecule has 0 aliphatic carbocycles. The van der Waals surface area contributed by atoms with E-state index in [-0.39, 0.29) is 5.69 Å². The summed E-state index contributed by atoms with van der Waals surface area (Å²) in [5, 5.41) is 8.97. The molecule has 1 fully saturated rings. The Hall–Kier alpha value is -1.65. The molecule has 1 aromatic heterocycles. The molecule has 0 spiro atoms. The Kier molecular flexibility index (Phi) is 2.80. The van der Waals surface area contributed by atoms with Gasteiger partial charge in [-0.2, -0.15) is 0 Å². The third-order valence-corrected chi connectivity index (χ3v) is 2.54. The molecular weight excluding hydrogens is 194 g/mol. The Bertz CT molecular complexity index is 361. The van der Waals surface area contributed by atoms with Crippen molar-refractivity contribution in [1.82, 2.24) is 9.97 Å². The van der Waals surface area contributed by atoms with E-state index in [0.717, 1.165) is 25.9 Å². The van der Waals surface area contributed by atoms with Gasteiger partial charge in [-0.3, -0.25) is 0 Å². The zero-order valence-electron chi connectivity index (χ0n) is 8.39. The first kappa shape index (κ1) is 9.89. The number of rotatable bonds is 2. The summed E-state index contributed by atoms with van der Waals surface area (Å²) in [5.74, 6) is -0.506. The van der Waals surface area contributed by atoms with Gasteiger partial charge in [0.15, 0.2) is 11.5 Å². The van der Waals surface area contributed by atoms with E-state index in [1.165, 1.54) is 18.8 Å². The van der Waals surface area contributed by atoms with Crippen molar-refractivity contribution >= 4 is 11.8 Å². The Morgan fingerprint density at radius 2 is 1.87 bits per heavy atom. The van der Waals surface area contributed by atoms with Gasteiger partial charge in [0, 0.05) is 25.5 Å². The van der Waals surface area contributed by atoms with E-state index in [1.807, 2.05) is 4.90 Å². The molecule has 0 aromatic carbocycles. The Balaban J connectivity index is 2.29. The van der Waals surface area contributed by atoms with E-state index in [2.05, 4.69) is 9.97 Å². The second-order valence-corrected chi connectivity index (χ2v) is 3.58. The van der Waals surface area contributed by atoms with Gasteiger partial charge in [-0.1, -0.05) is 0 Å². The number of hydrogen-bond acceptors (Lipinski definition) is 4. The minimum atomic E-state index is -1.01. The lowest BCUT2D eigenvalue weighted by molar-refractivity contribution is 0.0690. The fourth-order valence-corrected chi connectivity index (χ4v) is 1.82. The van der Waals surface area contributed by atoms with Crippen molar-refractivity contribution in [1.29, 1.82) is 0 Å². The van der Waals surface area contributed by atoms with E-state index in [9.17, 15) is 4.79 Å². The molecule has 1 aromatic rings. The lowest BCUT2D eigenvalue weighted by Crippen LogP contribution is -2.32. The van der Waals surface area contributed by atoms with Crippen molar-refractivity contribution in [3.8, 4) is 0 Å². The minimum Gasteiger partial charge on any atom is -0.476 e. The molecular formula is C10H13N3O2. The topological polar surface area (TPSA) is 66.3 Å². The molecule has 1 saturated heterocycles. The Morgan fingerprint density at radius 3 is 2.53 bits per heavy atom. The van der Waals surface area contributed by atoms with Crippen LogP contribution in [0.4, 0.5) is 5.82 Å². The molecule has 1 aliphatic rings. The van der Waals surface area contributed by atoms with Gasteiger partial charge < -0.3 is 10.0 Å². The van der Waals surface area contributed by atoms with E-state index in [0.29, 0.717) is 5.82 Å². The fraction of sp³-hybridized carbons (Fsp3) is 0.500. The van der Waals surface area contributed by atoms with Crippen LogP contribution < -0.4 is 4.90 Å². The normalized spacial score (nSPS) is 16.4. The van der Waals surface area contributed by atoms with Crippen LogP contribution in [-0.2, 0) is 0 Å². The highest BCUT2D eigenvalue weighted by atomic mass is 16.4. The second kappa shape index (κ2) is 4.25. The van der Waals surface area contributed by atoms with Crippen LogP contribution >= 0.6 is 0 Å². The summed E-state index contributed by atoms with van der Waals surface area (Å²) in [7, 11) is 0. The van der Waals surface area contributed by atoms with E-state index in [4.69, 9.17) is 5.11 Å². The van der Waals surface area contributed by atoms with Gasteiger partial charge >= 0.3 is 5.97 Å². The molecule has 0 saturated carbocycles. The second-order valence-electron chi connectivity index (χ2n) is 3.58. The summed E-state index contributed by atoms with van der Waals surface area (Å²) >= 11 is 0. The monoisotopic (exact) mass is 207 g/mol. The quantitative estimate of drug-likeness (QED) is 0.788. The van der Waals surface area contributed by atoms with Gasteiger partial charge in [-0.15, -0.1) is 0 Å². The summed E-state index contributed by atoms with van der Waals surface area (Å²) in [4.78, 5) is 20.9. The first-order valence-corrected chi connectivity index (χ1v) is 5.08. The molecule has 0 unspecified atom stereocenters. The van der Waals surface area contributed by atoms with Crippen LogP contribution in [0.15, 0.2) is 12.4 Å². The molecule has 15 heavy (non-hydrogen) atoms. The highest BCUT2D eigenvalue weighted by Crippen LogP contribution is 2.19. The van der Waals surface area contributed by atoms with Crippen LogP contribution in [0.25, 0.3) is 0 Å². The van der Waals surface area contributed by atoms with Crippen LogP contribution in [0.5, 0.6) is 0 Å². The standard InChI is InChI=1S/C10H13N3O2/c14-10(15)8-9(12-5-4-11-8)13-6-2-1-3-7-13/h4-5H,1-3,6-7H2,(H,14,15). The first-order chi connectivity index (χ1) is 7.29. The summed E-state index contributed by atoms with van der Waals surface area (Å²) in [5.41, 5.74) is 0.0550. The van der Waals surface area contributed by atoms with Gasteiger partial charge in [0.25, 0.3) is 0 Å². The van der Waals surface area contributed by atoms with E-state index < -0.39 is 5.97 Å². The molecule has 0 radical (unpaired) electrons. The highest BCUT2D eigenvalue weighted by molar-refractivity contribution is 5.90. The maximum atomic E-state index is 10.9. The zero-order valence-corrected chi connectivity index (χ0v) is 8.39. The smallest absolute Gasteiger partial charge is 0.358 e. The number of carboxylic acid groups (broad SMARTS) is 1. The molecule has 1 aliphatic heterocycles.